The summed E-state index contributed by atoms with van der Waals surface area (Å²) in [7, 11) is -2.29. The Morgan fingerprint density at radius 3 is 2.37 bits per heavy atom. The van der Waals surface area contributed by atoms with Gasteiger partial charge in [-0.05, 0) is 22.4 Å². The van der Waals surface area contributed by atoms with E-state index in [0.717, 1.165) is 15.7 Å². The molecule has 3 aromatic rings. The van der Waals surface area contributed by atoms with Crippen LogP contribution in [0.25, 0.3) is 10.8 Å². The minimum absolute atomic E-state index is 0.0570. The first-order valence-corrected chi connectivity index (χ1v) is 11.4. The molecule has 0 radical (unpaired) electrons. The molecule has 2 N–H and O–H groups in total. The van der Waals surface area contributed by atoms with Gasteiger partial charge in [-0.3, -0.25) is 0 Å². The monoisotopic (exact) mass is 400 g/mol. The molecule has 140 valence electrons. The molecular weight excluding hydrogens is 379 g/mol. The zero-order chi connectivity index (χ0) is 19.3. The molecule has 3 rings (SSSR count). The SMILES string of the molecule is O=C(O)C(O)(Cc1ccccc1)C[PH](=O)CSc1cccc2ccccc12. The highest BCUT2D eigenvalue weighted by atomic mass is 32.2. The van der Waals surface area contributed by atoms with E-state index in [9.17, 15) is 19.6 Å². The van der Waals surface area contributed by atoms with Gasteiger partial charge in [0.25, 0.3) is 0 Å². The number of hydrogen-bond acceptors (Lipinski definition) is 4. The van der Waals surface area contributed by atoms with Crippen LogP contribution in [0.2, 0.25) is 0 Å². The Bertz CT molecular complexity index is 955. The maximum Gasteiger partial charge on any atom is 0.336 e. The van der Waals surface area contributed by atoms with Gasteiger partial charge in [-0.15, -0.1) is 11.8 Å². The first-order valence-electron chi connectivity index (χ1n) is 8.60. The van der Waals surface area contributed by atoms with Gasteiger partial charge < -0.3 is 14.8 Å². The van der Waals surface area contributed by atoms with E-state index in [2.05, 4.69) is 0 Å². The van der Waals surface area contributed by atoms with Gasteiger partial charge in [0.2, 0.25) is 0 Å². The molecule has 2 unspecified atom stereocenters. The second-order valence-electron chi connectivity index (χ2n) is 6.48. The topological polar surface area (TPSA) is 74.6 Å². The summed E-state index contributed by atoms with van der Waals surface area (Å²) in [5, 5.41) is 22.3. The molecule has 0 aliphatic carbocycles. The summed E-state index contributed by atoms with van der Waals surface area (Å²) in [6.45, 7) is 0. The van der Waals surface area contributed by atoms with E-state index in [1.165, 1.54) is 11.8 Å². The second-order valence-corrected chi connectivity index (χ2v) is 9.79. The van der Waals surface area contributed by atoms with Gasteiger partial charge in [-0.2, -0.15) is 0 Å². The Balaban J connectivity index is 1.68. The van der Waals surface area contributed by atoms with Crippen molar-refractivity contribution in [1.29, 1.82) is 0 Å². The van der Waals surface area contributed by atoms with Crippen LogP contribution in [-0.4, -0.2) is 33.4 Å². The number of carbonyl (C=O) groups is 1. The average molecular weight is 400 g/mol. The van der Waals surface area contributed by atoms with Crippen LogP contribution in [-0.2, 0) is 15.8 Å². The summed E-state index contributed by atoms with van der Waals surface area (Å²) >= 11 is 1.45. The van der Waals surface area contributed by atoms with Gasteiger partial charge in [0, 0.05) is 23.0 Å². The number of rotatable bonds is 8. The summed E-state index contributed by atoms with van der Waals surface area (Å²) in [5.74, 6) is -1.33. The maximum absolute atomic E-state index is 12.6. The average Bonchev–Trinajstić information content (AvgIpc) is 2.67. The van der Waals surface area contributed by atoms with E-state index >= 15 is 0 Å². The van der Waals surface area contributed by atoms with E-state index in [1.807, 2.05) is 48.5 Å². The zero-order valence-electron chi connectivity index (χ0n) is 14.7. The first-order chi connectivity index (χ1) is 13.0. The standard InChI is InChI=1S/C21H21O4PS/c22-20(23)21(24,13-16-7-2-1-3-8-16)14-26(25)15-27-19-12-6-10-17-9-4-5-11-18(17)19/h1-12,24,26H,13-15H2,(H,22,23). The fraction of sp³-hybridized carbons (Fsp3) is 0.190. The highest BCUT2D eigenvalue weighted by Crippen LogP contribution is 2.37. The molecule has 0 aliphatic rings. The Kier molecular flexibility index (Phi) is 6.38. The summed E-state index contributed by atoms with van der Waals surface area (Å²) in [6, 6.07) is 22.8. The van der Waals surface area contributed by atoms with E-state index in [4.69, 9.17) is 0 Å². The largest absolute Gasteiger partial charge is 0.479 e. The van der Waals surface area contributed by atoms with E-state index in [-0.39, 0.29) is 12.6 Å². The smallest absolute Gasteiger partial charge is 0.336 e. The molecule has 27 heavy (non-hydrogen) atoms. The Labute approximate surface area is 163 Å². The number of thioether (sulfide) groups is 1. The fourth-order valence-electron chi connectivity index (χ4n) is 3.00. The normalized spacial score (nSPS) is 14.6. The highest BCUT2D eigenvalue weighted by molar-refractivity contribution is 8.04. The molecule has 0 heterocycles. The highest BCUT2D eigenvalue weighted by Gasteiger charge is 2.37. The maximum atomic E-state index is 12.6. The van der Waals surface area contributed by atoms with Crippen LogP contribution in [0.3, 0.4) is 0 Å². The zero-order valence-corrected chi connectivity index (χ0v) is 16.5. The lowest BCUT2D eigenvalue weighted by Crippen LogP contribution is -2.43. The van der Waals surface area contributed by atoms with Crippen LogP contribution in [0.5, 0.6) is 0 Å². The van der Waals surface area contributed by atoms with Crippen LogP contribution in [0.15, 0.2) is 77.7 Å². The third-order valence-electron chi connectivity index (χ3n) is 4.37. The number of hydrogen-bond donors (Lipinski definition) is 2. The summed E-state index contributed by atoms with van der Waals surface area (Å²) in [5.41, 5.74) is -1.02. The molecule has 0 saturated carbocycles. The van der Waals surface area contributed by atoms with E-state index < -0.39 is 19.4 Å². The molecule has 0 amide bonds. The first kappa shape index (κ1) is 19.7. The van der Waals surface area contributed by atoms with Crippen LogP contribution in [0.1, 0.15) is 5.56 Å². The minimum Gasteiger partial charge on any atom is -0.479 e. The summed E-state index contributed by atoms with van der Waals surface area (Å²) in [6.07, 6.45) is -0.293. The van der Waals surface area contributed by atoms with Crippen molar-refractivity contribution < 1.29 is 19.6 Å². The van der Waals surface area contributed by atoms with Crippen molar-refractivity contribution in [3.63, 3.8) is 0 Å². The van der Waals surface area contributed by atoms with Gasteiger partial charge in [0.05, 0.1) is 7.80 Å². The van der Waals surface area contributed by atoms with Crippen LogP contribution in [0.4, 0.5) is 0 Å². The molecule has 3 aromatic carbocycles. The third-order valence-corrected chi connectivity index (χ3v) is 7.88. The van der Waals surface area contributed by atoms with Gasteiger partial charge in [-0.25, -0.2) is 4.79 Å². The van der Waals surface area contributed by atoms with Crippen LogP contribution in [0, 0.1) is 0 Å². The van der Waals surface area contributed by atoms with Crippen molar-refractivity contribution >= 4 is 36.3 Å². The molecule has 0 bridgehead atoms. The van der Waals surface area contributed by atoms with Crippen molar-refractivity contribution in [1.82, 2.24) is 0 Å². The number of benzene rings is 3. The van der Waals surface area contributed by atoms with Crippen molar-refractivity contribution in [2.75, 3.05) is 11.7 Å². The molecule has 2 atom stereocenters. The number of carboxylic acids is 1. The van der Waals surface area contributed by atoms with Crippen LogP contribution >= 0.6 is 19.6 Å². The minimum atomic E-state index is -2.29. The lowest BCUT2D eigenvalue weighted by Gasteiger charge is -2.23. The Morgan fingerprint density at radius 1 is 0.963 bits per heavy atom. The van der Waals surface area contributed by atoms with Gasteiger partial charge in [-0.1, -0.05) is 66.7 Å². The second kappa shape index (κ2) is 8.75. The van der Waals surface area contributed by atoms with Crippen LogP contribution < -0.4 is 0 Å². The van der Waals surface area contributed by atoms with E-state index in [1.54, 1.807) is 24.3 Å². The lowest BCUT2D eigenvalue weighted by atomic mass is 9.97. The summed E-state index contributed by atoms with van der Waals surface area (Å²) < 4.78 is 12.6. The molecule has 0 saturated heterocycles. The fourth-order valence-corrected chi connectivity index (χ4v) is 6.12. The Hall–Kier alpha value is -2.07. The Morgan fingerprint density at radius 2 is 1.63 bits per heavy atom. The molecule has 6 heteroatoms. The molecular formula is C21H21O4PS. The van der Waals surface area contributed by atoms with Gasteiger partial charge in [0.1, 0.15) is 0 Å². The lowest BCUT2D eigenvalue weighted by molar-refractivity contribution is -0.155. The molecule has 4 nitrogen and oxygen atoms in total. The molecule has 0 aliphatic heterocycles. The molecule has 0 spiro atoms. The number of aliphatic hydroxyl groups is 1. The van der Waals surface area contributed by atoms with Crippen molar-refractivity contribution in [2.45, 2.75) is 16.9 Å². The molecule has 0 fully saturated rings. The van der Waals surface area contributed by atoms with Crippen molar-refractivity contribution in [2.24, 2.45) is 0 Å². The number of carboxylic acid groups (broad SMARTS) is 1. The predicted molar refractivity (Wildman–Crippen MR) is 111 cm³/mol. The van der Waals surface area contributed by atoms with E-state index in [0.29, 0.717) is 11.1 Å². The predicted octanol–water partition coefficient (Wildman–Crippen LogP) is 4.51. The quantitative estimate of drug-likeness (QED) is 0.430. The van der Waals surface area contributed by atoms with Gasteiger partial charge in [0.15, 0.2) is 5.60 Å². The molecule has 0 aromatic heterocycles. The van der Waals surface area contributed by atoms with Gasteiger partial charge >= 0.3 is 5.97 Å². The third kappa shape index (κ3) is 5.01. The van der Waals surface area contributed by atoms with Crippen molar-refractivity contribution in [3.05, 3.63) is 78.4 Å². The van der Waals surface area contributed by atoms with Crippen molar-refractivity contribution in [3.8, 4) is 0 Å². The number of aliphatic carboxylic acids is 1. The summed E-state index contributed by atoms with van der Waals surface area (Å²) in [4.78, 5) is 12.6. The number of fused-ring (bicyclic) bond motifs is 1.